The Kier molecular flexibility index (Phi) is 6.56. The SMILES string of the molecule is O=C(O)COC1CCC(CCNS(=O)(=O)c2ccccc2)CC1. The van der Waals surface area contributed by atoms with Crippen LogP contribution in [0.4, 0.5) is 0 Å². The monoisotopic (exact) mass is 341 g/mol. The van der Waals surface area contributed by atoms with Crippen LogP contribution >= 0.6 is 0 Å². The molecule has 0 spiro atoms. The molecule has 0 amide bonds. The third-order valence-corrected chi connectivity index (χ3v) is 5.61. The van der Waals surface area contributed by atoms with Gasteiger partial charge in [0.2, 0.25) is 10.0 Å². The lowest BCUT2D eigenvalue weighted by Gasteiger charge is -2.28. The number of carboxylic acids is 1. The van der Waals surface area contributed by atoms with Crippen LogP contribution in [0.3, 0.4) is 0 Å². The van der Waals surface area contributed by atoms with Crippen molar-refractivity contribution in [1.82, 2.24) is 4.72 Å². The molecular weight excluding hydrogens is 318 g/mol. The van der Waals surface area contributed by atoms with Gasteiger partial charge in [0.1, 0.15) is 6.61 Å². The highest BCUT2D eigenvalue weighted by Crippen LogP contribution is 2.28. The average molecular weight is 341 g/mol. The molecule has 0 bridgehead atoms. The van der Waals surface area contributed by atoms with Gasteiger partial charge in [0.15, 0.2) is 0 Å². The highest BCUT2D eigenvalue weighted by Gasteiger charge is 2.22. The van der Waals surface area contributed by atoms with Gasteiger partial charge in [0.25, 0.3) is 0 Å². The molecule has 6 nitrogen and oxygen atoms in total. The first-order chi connectivity index (χ1) is 11.0. The molecule has 0 aromatic heterocycles. The van der Waals surface area contributed by atoms with Crippen molar-refractivity contribution in [3.05, 3.63) is 30.3 Å². The van der Waals surface area contributed by atoms with Crippen molar-refractivity contribution < 1.29 is 23.1 Å². The van der Waals surface area contributed by atoms with E-state index < -0.39 is 16.0 Å². The molecule has 1 saturated carbocycles. The quantitative estimate of drug-likeness (QED) is 0.754. The molecule has 128 valence electrons. The lowest BCUT2D eigenvalue weighted by molar-refractivity contribution is -0.145. The summed E-state index contributed by atoms with van der Waals surface area (Å²) in [5, 5.41) is 8.59. The predicted octanol–water partition coefficient (Wildman–Crippen LogP) is 2.01. The number of ether oxygens (including phenoxy) is 1. The molecule has 0 atom stereocenters. The molecule has 7 heteroatoms. The summed E-state index contributed by atoms with van der Waals surface area (Å²) in [7, 11) is -3.43. The van der Waals surface area contributed by atoms with Crippen molar-refractivity contribution in [3.63, 3.8) is 0 Å². The van der Waals surface area contributed by atoms with Crippen LogP contribution in [0, 0.1) is 5.92 Å². The lowest BCUT2D eigenvalue weighted by atomic mass is 9.85. The van der Waals surface area contributed by atoms with Gasteiger partial charge in [0.05, 0.1) is 11.0 Å². The fraction of sp³-hybridized carbons (Fsp3) is 0.562. The van der Waals surface area contributed by atoms with Gasteiger partial charge in [-0.2, -0.15) is 0 Å². The maximum atomic E-state index is 12.1. The van der Waals surface area contributed by atoms with Gasteiger partial charge in [-0.25, -0.2) is 17.9 Å². The van der Waals surface area contributed by atoms with Gasteiger partial charge in [-0.15, -0.1) is 0 Å². The van der Waals surface area contributed by atoms with Crippen LogP contribution in [-0.4, -0.2) is 38.7 Å². The number of carboxylic acid groups (broad SMARTS) is 1. The standard InChI is InChI=1S/C16H23NO5S/c18-16(19)12-22-14-8-6-13(7-9-14)10-11-17-23(20,21)15-4-2-1-3-5-15/h1-5,13-14,17H,6-12H2,(H,18,19). The number of benzene rings is 1. The fourth-order valence-corrected chi connectivity index (χ4v) is 3.93. The van der Waals surface area contributed by atoms with Crippen LogP contribution < -0.4 is 4.72 Å². The van der Waals surface area contributed by atoms with E-state index in [0.29, 0.717) is 12.5 Å². The first kappa shape index (κ1) is 17.9. The van der Waals surface area contributed by atoms with E-state index in [1.807, 2.05) is 0 Å². The molecule has 0 aliphatic heterocycles. The van der Waals surface area contributed by atoms with E-state index in [-0.39, 0.29) is 17.6 Å². The predicted molar refractivity (Wildman–Crippen MR) is 85.6 cm³/mol. The van der Waals surface area contributed by atoms with E-state index in [1.54, 1.807) is 30.3 Å². The molecule has 1 aliphatic rings. The van der Waals surface area contributed by atoms with Crippen LogP contribution in [0.2, 0.25) is 0 Å². The smallest absolute Gasteiger partial charge is 0.329 e. The van der Waals surface area contributed by atoms with Crippen LogP contribution in [-0.2, 0) is 19.6 Å². The van der Waals surface area contributed by atoms with Gasteiger partial charge in [-0.05, 0) is 50.2 Å². The Bertz CT molecular complexity index is 594. The van der Waals surface area contributed by atoms with E-state index in [4.69, 9.17) is 9.84 Å². The van der Waals surface area contributed by atoms with Crippen molar-refractivity contribution in [2.24, 2.45) is 5.92 Å². The number of hydrogen-bond donors (Lipinski definition) is 2. The molecular formula is C16H23NO5S. The highest BCUT2D eigenvalue weighted by molar-refractivity contribution is 7.89. The van der Waals surface area contributed by atoms with Gasteiger partial charge >= 0.3 is 5.97 Å². The third-order valence-electron chi connectivity index (χ3n) is 4.13. The van der Waals surface area contributed by atoms with Crippen LogP contribution in [0.25, 0.3) is 0 Å². The molecule has 0 saturated heterocycles. The molecule has 0 unspecified atom stereocenters. The second kappa shape index (κ2) is 8.42. The van der Waals surface area contributed by atoms with Crippen LogP contribution in [0.1, 0.15) is 32.1 Å². The summed E-state index contributed by atoms with van der Waals surface area (Å²) in [4.78, 5) is 10.8. The topological polar surface area (TPSA) is 92.7 Å². The number of nitrogens with one attached hydrogen (secondary N) is 1. The first-order valence-corrected chi connectivity index (χ1v) is 9.34. The number of sulfonamides is 1. The zero-order valence-corrected chi connectivity index (χ0v) is 13.8. The summed E-state index contributed by atoms with van der Waals surface area (Å²) in [6.45, 7) is 0.175. The number of aliphatic carboxylic acids is 1. The van der Waals surface area contributed by atoms with Crippen molar-refractivity contribution in [2.75, 3.05) is 13.2 Å². The second-order valence-corrected chi connectivity index (χ2v) is 7.61. The Morgan fingerprint density at radius 1 is 1.17 bits per heavy atom. The van der Waals surface area contributed by atoms with Gasteiger partial charge in [0, 0.05) is 6.54 Å². The summed E-state index contributed by atoms with van der Waals surface area (Å²) in [6.07, 6.45) is 4.36. The van der Waals surface area contributed by atoms with Crippen LogP contribution in [0.5, 0.6) is 0 Å². The van der Waals surface area contributed by atoms with Crippen molar-refractivity contribution in [3.8, 4) is 0 Å². The zero-order chi connectivity index (χ0) is 16.7. The Balaban J connectivity index is 1.69. The summed E-state index contributed by atoms with van der Waals surface area (Å²) in [5.74, 6) is -0.486. The Hall–Kier alpha value is -1.44. The molecule has 1 aliphatic carbocycles. The van der Waals surface area contributed by atoms with E-state index in [2.05, 4.69) is 4.72 Å². The molecule has 0 heterocycles. The highest BCUT2D eigenvalue weighted by atomic mass is 32.2. The minimum atomic E-state index is -3.43. The van der Waals surface area contributed by atoms with E-state index in [0.717, 1.165) is 32.1 Å². The van der Waals surface area contributed by atoms with Crippen molar-refractivity contribution in [1.29, 1.82) is 0 Å². The molecule has 1 fully saturated rings. The van der Waals surface area contributed by atoms with E-state index >= 15 is 0 Å². The molecule has 1 aromatic carbocycles. The molecule has 0 radical (unpaired) electrons. The summed E-state index contributed by atoms with van der Waals surface area (Å²) in [6, 6.07) is 8.34. The molecule has 23 heavy (non-hydrogen) atoms. The first-order valence-electron chi connectivity index (χ1n) is 7.85. The summed E-state index contributed by atoms with van der Waals surface area (Å²) in [5.41, 5.74) is 0. The minimum absolute atomic E-state index is 0.0170. The average Bonchev–Trinajstić information content (AvgIpc) is 2.55. The number of carbonyl (C=O) groups is 1. The third kappa shape index (κ3) is 5.93. The van der Waals surface area contributed by atoms with Crippen LogP contribution in [0.15, 0.2) is 35.2 Å². The second-order valence-electron chi connectivity index (χ2n) is 5.85. The Labute approximate surface area is 136 Å². The molecule has 2 rings (SSSR count). The van der Waals surface area contributed by atoms with Gasteiger partial charge in [-0.1, -0.05) is 18.2 Å². The lowest BCUT2D eigenvalue weighted by Crippen LogP contribution is -2.29. The zero-order valence-electron chi connectivity index (χ0n) is 13.0. The molecule has 1 aromatic rings. The van der Waals surface area contributed by atoms with E-state index in [9.17, 15) is 13.2 Å². The summed E-state index contributed by atoms with van der Waals surface area (Å²) >= 11 is 0. The van der Waals surface area contributed by atoms with Crippen molar-refractivity contribution in [2.45, 2.75) is 43.1 Å². The largest absolute Gasteiger partial charge is 0.480 e. The fourth-order valence-electron chi connectivity index (χ4n) is 2.86. The maximum Gasteiger partial charge on any atom is 0.329 e. The van der Waals surface area contributed by atoms with E-state index in [1.165, 1.54) is 0 Å². The Morgan fingerprint density at radius 3 is 2.43 bits per heavy atom. The minimum Gasteiger partial charge on any atom is -0.480 e. The number of rotatable bonds is 8. The normalized spacial score (nSPS) is 21.9. The Morgan fingerprint density at radius 2 is 1.83 bits per heavy atom. The maximum absolute atomic E-state index is 12.1. The van der Waals surface area contributed by atoms with Gasteiger partial charge in [-0.3, -0.25) is 0 Å². The van der Waals surface area contributed by atoms with Crippen molar-refractivity contribution >= 4 is 16.0 Å². The van der Waals surface area contributed by atoms with Gasteiger partial charge < -0.3 is 9.84 Å². The molecule has 2 N–H and O–H groups in total. The summed E-state index contributed by atoms with van der Waals surface area (Å²) < 4.78 is 32.1. The number of hydrogen-bond acceptors (Lipinski definition) is 4.